The number of hydrogen-bond donors (Lipinski definition) is 1. The Labute approximate surface area is 124 Å². The number of nitrogens with one attached hydrogen (secondary N) is 1. The van der Waals surface area contributed by atoms with Gasteiger partial charge in [-0.15, -0.1) is 11.6 Å². The summed E-state index contributed by atoms with van der Waals surface area (Å²) in [6, 6.07) is 15.6. The van der Waals surface area contributed by atoms with Crippen molar-refractivity contribution in [2.75, 3.05) is 0 Å². The molecule has 0 bridgehead atoms. The summed E-state index contributed by atoms with van der Waals surface area (Å²) >= 11 is 5.81. The van der Waals surface area contributed by atoms with Crippen molar-refractivity contribution in [1.82, 2.24) is 5.32 Å². The van der Waals surface area contributed by atoms with Gasteiger partial charge in [-0.25, -0.2) is 0 Å². The fourth-order valence-corrected chi connectivity index (χ4v) is 2.32. The van der Waals surface area contributed by atoms with Crippen LogP contribution in [0.1, 0.15) is 34.0 Å². The first kappa shape index (κ1) is 14.6. The minimum atomic E-state index is -0.0290. The predicted molar refractivity (Wildman–Crippen MR) is 83.0 cm³/mol. The zero-order chi connectivity index (χ0) is 14.4. The van der Waals surface area contributed by atoms with Crippen LogP contribution in [0.15, 0.2) is 48.5 Å². The van der Waals surface area contributed by atoms with Gasteiger partial charge in [0.2, 0.25) is 0 Å². The van der Waals surface area contributed by atoms with Gasteiger partial charge in [0.25, 0.3) is 5.91 Å². The van der Waals surface area contributed by atoms with Crippen LogP contribution < -0.4 is 5.32 Å². The molecule has 0 aliphatic carbocycles. The maximum Gasteiger partial charge on any atom is 0.251 e. The highest BCUT2D eigenvalue weighted by Crippen LogP contribution is 2.11. The first-order valence-electron chi connectivity index (χ1n) is 6.74. The van der Waals surface area contributed by atoms with Crippen LogP contribution in [0, 0.1) is 0 Å². The van der Waals surface area contributed by atoms with Crippen molar-refractivity contribution in [3.63, 3.8) is 0 Å². The van der Waals surface area contributed by atoms with E-state index in [1.807, 2.05) is 48.5 Å². The van der Waals surface area contributed by atoms with Crippen LogP contribution in [0.5, 0.6) is 0 Å². The number of aryl methyl sites for hydroxylation is 1. The Balaban J connectivity index is 2.04. The Bertz CT molecular complexity index is 595. The van der Waals surface area contributed by atoms with Crippen LogP contribution in [0.4, 0.5) is 0 Å². The molecule has 1 amide bonds. The lowest BCUT2D eigenvalue weighted by Crippen LogP contribution is -2.23. The van der Waals surface area contributed by atoms with Crippen molar-refractivity contribution < 1.29 is 4.79 Å². The van der Waals surface area contributed by atoms with Gasteiger partial charge in [0.15, 0.2) is 0 Å². The molecule has 0 heterocycles. The first-order chi connectivity index (χ1) is 9.74. The second-order valence-corrected chi connectivity index (χ2v) is 4.91. The number of carbonyl (C=O) groups is 1. The molecular weight excluding hydrogens is 270 g/mol. The predicted octanol–water partition coefficient (Wildman–Crippen LogP) is 3.92. The van der Waals surface area contributed by atoms with Gasteiger partial charge in [-0.2, -0.15) is 0 Å². The van der Waals surface area contributed by atoms with Gasteiger partial charge in [0.05, 0.1) is 0 Å². The molecule has 0 aromatic heterocycles. The quantitative estimate of drug-likeness (QED) is 0.830. The number of halogens is 1. The summed E-state index contributed by atoms with van der Waals surface area (Å²) in [5.41, 5.74) is 3.95. The van der Waals surface area contributed by atoms with Crippen LogP contribution >= 0.6 is 11.6 Å². The van der Waals surface area contributed by atoms with Gasteiger partial charge < -0.3 is 5.32 Å². The largest absolute Gasteiger partial charge is 0.348 e. The summed E-state index contributed by atoms with van der Waals surface area (Å²) in [6.07, 6.45) is 0.853. The van der Waals surface area contributed by atoms with Gasteiger partial charge >= 0.3 is 0 Å². The fourth-order valence-electron chi connectivity index (χ4n) is 2.15. The van der Waals surface area contributed by atoms with Crippen LogP contribution in [0.25, 0.3) is 0 Å². The van der Waals surface area contributed by atoms with Crippen LogP contribution in [0.3, 0.4) is 0 Å². The molecule has 0 atom stereocenters. The van der Waals surface area contributed by atoms with E-state index in [1.54, 1.807) is 0 Å². The van der Waals surface area contributed by atoms with Crippen molar-refractivity contribution in [3.8, 4) is 0 Å². The van der Waals surface area contributed by atoms with Gasteiger partial charge in [-0.1, -0.05) is 49.4 Å². The molecule has 0 fully saturated rings. The number of benzene rings is 2. The van der Waals surface area contributed by atoms with Crippen molar-refractivity contribution in [2.24, 2.45) is 0 Å². The summed E-state index contributed by atoms with van der Waals surface area (Å²) in [4.78, 5) is 12.2. The molecule has 0 aliphatic heterocycles. The lowest BCUT2D eigenvalue weighted by molar-refractivity contribution is 0.0950. The van der Waals surface area contributed by atoms with Crippen molar-refractivity contribution >= 4 is 17.5 Å². The van der Waals surface area contributed by atoms with Crippen LogP contribution in [-0.2, 0) is 18.8 Å². The van der Waals surface area contributed by atoms with E-state index in [0.717, 1.165) is 28.7 Å². The topological polar surface area (TPSA) is 29.1 Å². The first-order valence-corrected chi connectivity index (χ1v) is 7.28. The summed E-state index contributed by atoms with van der Waals surface area (Å²) in [5, 5.41) is 2.96. The molecule has 104 valence electrons. The number of hydrogen-bond acceptors (Lipinski definition) is 1. The summed E-state index contributed by atoms with van der Waals surface area (Å²) in [5.74, 6) is 0.458. The molecule has 0 spiro atoms. The summed E-state index contributed by atoms with van der Waals surface area (Å²) in [6.45, 7) is 2.57. The minimum absolute atomic E-state index is 0.0290. The van der Waals surface area contributed by atoms with E-state index < -0.39 is 0 Å². The number of amides is 1. The molecule has 2 aromatic rings. The second-order valence-electron chi connectivity index (χ2n) is 4.65. The van der Waals surface area contributed by atoms with E-state index in [9.17, 15) is 4.79 Å². The lowest BCUT2D eigenvalue weighted by Gasteiger charge is -2.09. The molecular formula is C17H18ClNO. The van der Waals surface area contributed by atoms with E-state index in [2.05, 4.69) is 12.2 Å². The monoisotopic (exact) mass is 287 g/mol. The molecule has 2 rings (SSSR count). The van der Waals surface area contributed by atoms with E-state index in [1.165, 1.54) is 0 Å². The van der Waals surface area contributed by atoms with Crippen molar-refractivity contribution in [2.45, 2.75) is 25.8 Å². The van der Waals surface area contributed by atoms with Crippen molar-refractivity contribution in [1.29, 1.82) is 0 Å². The van der Waals surface area contributed by atoms with Crippen molar-refractivity contribution in [3.05, 3.63) is 70.8 Å². The molecule has 0 aliphatic rings. The smallest absolute Gasteiger partial charge is 0.251 e. The maximum atomic E-state index is 12.2. The Morgan fingerprint density at radius 2 is 1.85 bits per heavy atom. The highest BCUT2D eigenvalue weighted by atomic mass is 35.5. The average molecular weight is 288 g/mol. The molecule has 2 nitrogen and oxygen atoms in total. The van der Waals surface area contributed by atoms with Gasteiger partial charge in [0.1, 0.15) is 0 Å². The van der Waals surface area contributed by atoms with Crippen LogP contribution in [0.2, 0.25) is 0 Å². The second kappa shape index (κ2) is 7.11. The highest BCUT2D eigenvalue weighted by Gasteiger charge is 2.09. The van der Waals surface area contributed by atoms with E-state index in [-0.39, 0.29) is 5.91 Å². The number of alkyl halides is 1. The third-order valence-corrected chi connectivity index (χ3v) is 3.55. The zero-order valence-electron chi connectivity index (χ0n) is 11.5. The van der Waals surface area contributed by atoms with Gasteiger partial charge in [0, 0.05) is 18.0 Å². The third kappa shape index (κ3) is 3.61. The Hall–Kier alpha value is -1.80. The van der Waals surface area contributed by atoms with Crippen LogP contribution in [-0.4, -0.2) is 5.91 Å². The number of carbonyl (C=O) groups excluding carboxylic acids is 1. The Morgan fingerprint density at radius 3 is 2.60 bits per heavy atom. The molecule has 0 saturated carbocycles. The standard InChI is InChI=1S/C17H18ClNO/c1-2-15-8-3-4-9-16(15)17(20)19-12-14-7-5-6-13(10-14)11-18/h3-10H,2,11-12H2,1H3,(H,19,20). The molecule has 1 N–H and O–H groups in total. The minimum Gasteiger partial charge on any atom is -0.348 e. The molecule has 3 heteroatoms. The normalized spacial score (nSPS) is 10.3. The Kier molecular flexibility index (Phi) is 5.19. The lowest BCUT2D eigenvalue weighted by atomic mass is 10.0. The Morgan fingerprint density at radius 1 is 1.10 bits per heavy atom. The third-order valence-electron chi connectivity index (χ3n) is 3.24. The van der Waals surface area contributed by atoms with Gasteiger partial charge in [-0.05, 0) is 29.2 Å². The molecule has 0 radical (unpaired) electrons. The molecule has 0 saturated heterocycles. The fraction of sp³-hybridized carbons (Fsp3) is 0.235. The zero-order valence-corrected chi connectivity index (χ0v) is 12.3. The maximum absolute atomic E-state index is 12.2. The summed E-state index contributed by atoms with van der Waals surface area (Å²) < 4.78 is 0. The van der Waals surface area contributed by atoms with E-state index in [0.29, 0.717) is 12.4 Å². The summed E-state index contributed by atoms with van der Waals surface area (Å²) in [7, 11) is 0. The molecule has 0 unspecified atom stereocenters. The average Bonchev–Trinajstić information content (AvgIpc) is 2.52. The van der Waals surface area contributed by atoms with E-state index in [4.69, 9.17) is 11.6 Å². The molecule has 2 aromatic carbocycles. The highest BCUT2D eigenvalue weighted by molar-refractivity contribution is 6.17. The number of rotatable bonds is 5. The van der Waals surface area contributed by atoms with E-state index >= 15 is 0 Å². The molecule has 20 heavy (non-hydrogen) atoms. The SMILES string of the molecule is CCc1ccccc1C(=O)NCc1cccc(CCl)c1. The van der Waals surface area contributed by atoms with Gasteiger partial charge in [-0.3, -0.25) is 4.79 Å².